The summed E-state index contributed by atoms with van der Waals surface area (Å²) in [5.41, 5.74) is -0.268. The topological polar surface area (TPSA) is 41.6 Å². The van der Waals surface area contributed by atoms with E-state index in [9.17, 15) is 4.79 Å². The van der Waals surface area contributed by atoms with E-state index in [4.69, 9.17) is 4.74 Å². The molecule has 1 aliphatic carbocycles. The van der Waals surface area contributed by atoms with E-state index in [2.05, 4.69) is 10.2 Å². The van der Waals surface area contributed by atoms with E-state index in [1.54, 1.807) is 7.05 Å². The van der Waals surface area contributed by atoms with Crippen molar-refractivity contribution in [2.75, 3.05) is 26.7 Å². The first-order valence-corrected chi connectivity index (χ1v) is 7.34. The SMILES string of the molecule is CNC(=O)[C@]12CCO[C@H]1CCN(C1CCCC1)C2. The maximum Gasteiger partial charge on any atom is 0.229 e. The van der Waals surface area contributed by atoms with Crippen molar-refractivity contribution >= 4 is 5.91 Å². The summed E-state index contributed by atoms with van der Waals surface area (Å²) in [5, 5.41) is 2.86. The summed E-state index contributed by atoms with van der Waals surface area (Å²) in [7, 11) is 1.75. The van der Waals surface area contributed by atoms with Crippen molar-refractivity contribution in [1.82, 2.24) is 10.2 Å². The first-order chi connectivity index (χ1) is 8.76. The second-order valence-corrected chi connectivity index (χ2v) is 6.04. The fourth-order valence-corrected chi connectivity index (χ4v) is 4.13. The third kappa shape index (κ3) is 1.86. The lowest BCUT2D eigenvalue weighted by atomic mass is 9.75. The number of ether oxygens (including phenoxy) is 1. The molecule has 0 aromatic carbocycles. The van der Waals surface area contributed by atoms with Gasteiger partial charge in [-0.05, 0) is 25.7 Å². The lowest BCUT2D eigenvalue weighted by Crippen LogP contribution is -2.58. The molecule has 3 aliphatic rings. The third-order valence-electron chi connectivity index (χ3n) is 5.17. The average Bonchev–Trinajstić information content (AvgIpc) is 3.06. The van der Waals surface area contributed by atoms with E-state index < -0.39 is 0 Å². The van der Waals surface area contributed by atoms with Gasteiger partial charge in [0, 0.05) is 32.8 Å². The van der Waals surface area contributed by atoms with Gasteiger partial charge in [-0.1, -0.05) is 12.8 Å². The average molecular weight is 252 g/mol. The lowest BCUT2D eigenvalue weighted by molar-refractivity contribution is -0.139. The molecular weight excluding hydrogens is 228 g/mol. The molecule has 1 amide bonds. The van der Waals surface area contributed by atoms with E-state index in [0.717, 1.165) is 32.5 Å². The van der Waals surface area contributed by atoms with Crippen molar-refractivity contribution in [1.29, 1.82) is 0 Å². The van der Waals surface area contributed by atoms with Crippen LogP contribution in [-0.4, -0.2) is 49.7 Å². The molecule has 0 aromatic heterocycles. The van der Waals surface area contributed by atoms with Crippen molar-refractivity contribution in [3.05, 3.63) is 0 Å². The second kappa shape index (κ2) is 4.82. The number of amides is 1. The Hall–Kier alpha value is -0.610. The van der Waals surface area contributed by atoms with Crippen LogP contribution in [0.4, 0.5) is 0 Å². The van der Waals surface area contributed by atoms with Crippen LogP contribution in [0.5, 0.6) is 0 Å². The number of fused-ring (bicyclic) bond motifs is 1. The molecule has 0 unspecified atom stereocenters. The highest BCUT2D eigenvalue weighted by Gasteiger charge is 2.53. The van der Waals surface area contributed by atoms with Crippen molar-refractivity contribution in [2.24, 2.45) is 5.41 Å². The Labute approximate surface area is 109 Å². The number of hydrogen-bond acceptors (Lipinski definition) is 3. The fourth-order valence-electron chi connectivity index (χ4n) is 4.13. The molecular formula is C14H24N2O2. The standard InChI is InChI=1S/C14H24N2O2/c1-15-13(17)14-7-9-18-12(14)6-8-16(10-14)11-4-2-3-5-11/h11-12H,2-10H2,1H3,(H,15,17)/t12-,14-/m0/s1. The zero-order valence-electron chi connectivity index (χ0n) is 11.3. The summed E-state index contributed by atoms with van der Waals surface area (Å²) < 4.78 is 5.81. The van der Waals surface area contributed by atoms with Gasteiger partial charge in [0.15, 0.2) is 0 Å². The predicted octanol–water partition coefficient (Wildman–Crippen LogP) is 1.16. The van der Waals surface area contributed by atoms with Crippen LogP contribution >= 0.6 is 0 Å². The summed E-state index contributed by atoms with van der Waals surface area (Å²) in [6.45, 7) is 2.76. The number of carbonyl (C=O) groups excluding carboxylic acids is 1. The zero-order valence-corrected chi connectivity index (χ0v) is 11.3. The van der Waals surface area contributed by atoms with Crippen LogP contribution in [-0.2, 0) is 9.53 Å². The van der Waals surface area contributed by atoms with Crippen LogP contribution in [0.3, 0.4) is 0 Å². The van der Waals surface area contributed by atoms with Gasteiger partial charge in [-0.15, -0.1) is 0 Å². The minimum absolute atomic E-state index is 0.148. The molecule has 3 fully saturated rings. The Kier molecular flexibility index (Phi) is 3.32. The van der Waals surface area contributed by atoms with Gasteiger partial charge in [-0.25, -0.2) is 0 Å². The lowest BCUT2D eigenvalue weighted by Gasteiger charge is -2.44. The number of hydrogen-bond donors (Lipinski definition) is 1. The molecule has 2 atom stereocenters. The molecule has 1 saturated carbocycles. The highest BCUT2D eigenvalue weighted by atomic mass is 16.5. The van der Waals surface area contributed by atoms with Gasteiger partial charge in [-0.3, -0.25) is 9.69 Å². The number of rotatable bonds is 2. The fraction of sp³-hybridized carbons (Fsp3) is 0.929. The monoisotopic (exact) mass is 252 g/mol. The quantitative estimate of drug-likeness (QED) is 0.802. The van der Waals surface area contributed by atoms with Gasteiger partial charge in [0.2, 0.25) is 5.91 Å². The van der Waals surface area contributed by atoms with E-state index in [1.807, 2.05) is 0 Å². The molecule has 0 radical (unpaired) electrons. The van der Waals surface area contributed by atoms with Crippen LogP contribution in [0, 0.1) is 5.41 Å². The molecule has 0 aromatic rings. The Morgan fingerprint density at radius 2 is 2.11 bits per heavy atom. The molecule has 4 heteroatoms. The van der Waals surface area contributed by atoms with Crippen LogP contribution < -0.4 is 5.32 Å². The van der Waals surface area contributed by atoms with Gasteiger partial charge in [0.05, 0.1) is 11.5 Å². The Bertz CT molecular complexity index is 328. The van der Waals surface area contributed by atoms with Gasteiger partial charge in [0.25, 0.3) is 0 Å². The summed E-state index contributed by atoms with van der Waals surface area (Å²) >= 11 is 0. The normalized spacial score (nSPS) is 37.7. The molecule has 3 rings (SSSR count). The number of nitrogens with one attached hydrogen (secondary N) is 1. The van der Waals surface area contributed by atoms with Gasteiger partial charge in [-0.2, -0.15) is 0 Å². The van der Waals surface area contributed by atoms with Crippen molar-refractivity contribution < 1.29 is 9.53 Å². The third-order valence-corrected chi connectivity index (χ3v) is 5.17. The second-order valence-electron chi connectivity index (χ2n) is 6.04. The van der Waals surface area contributed by atoms with Crippen LogP contribution in [0.15, 0.2) is 0 Å². The maximum absolute atomic E-state index is 12.3. The molecule has 4 nitrogen and oxygen atoms in total. The summed E-state index contributed by atoms with van der Waals surface area (Å²) in [4.78, 5) is 14.9. The van der Waals surface area contributed by atoms with Crippen LogP contribution in [0.25, 0.3) is 0 Å². The Morgan fingerprint density at radius 3 is 2.83 bits per heavy atom. The van der Waals surface area contributed by atoms with Crippen molar-refractivity contribution in [2.45, 2.75) is 50.7 Å². The van der Waals surface area contributed by atoms with Crippen molar-refractivity contribution in [3.63, 3.8) is 0 Å². The molecule has 2 heterocycles. The van der Waals surface area contributed by atoms with Gasteiger partial charge < -0.3 is 10.1 Å². The minimum Gasteiger partial charge on any atom is -0.377 e. The minimum atomic E-state index is -0.268. The molecule has 0 spiro atoms. The molecule has 102 valence electrons. The number of nitrogens with zero attached hydrogens (tertiary/aromatic N) is 1. The first-order valence-electron chi connectivity index (χ1n) is 7.34. The zero-order chi connectivity index (χ0) is 12.6. The number of piperidine rings is 1. The van der Waals surface area contributed by atoms with E-state index in [-0.39, 0.29) is 17.4 Å². The summed E-state index contributed by atoms with van der Waals surface area (Å²) in [6, 6.07) is 0.716. The van der Waals surface area contributed by atoms with E-state index in [1.165, 1.54) is 25.7 Å². The molecule has 2 saturated heterocycles. The molecule has 2 aliphatic heterocycles. The molecule has 1 N–H and O–H groups in total. The Morgan fingerprint density at radius 1 is 1.33 bits per heavy atom. The highest BCUT2D eigenvalue weighted by molar-refractivity contribution is 5.83. The number of likely N-dealkylation sites (tertiary alicyclic amines) is 1. The van der Waals surface area contributed by atoms with Crippen LogP contribution in [0.2, 0.25) is 0 Å². The Balaban J connectivity index is 1.77. The highest BCUT2D eigenvalue weighted by Crippen LogP contribution is 2.42. The largest absolute Gasteiger partial charge is 0.377 e. The van der Waals surface area contributed by atoms with Crippen molar-refractivity contribution in [3.8, 4) is 0 Å². The predicted molar refractivity (Wildman–Crippen MR) is 69.3 cm³/mol. The smallest absolute Gasteiger partial charge is 0.229 e. The summed E-state index contributed by atoms with van der Waals surface area (Å²) in [6.07, 6.45) is 7.40. The van der Waals surface area contributed by atoms with Gasteiger partial charge >= 0.3 is 0 Å². The number of carbonyl (C=O) groups is 1. The van der Waals surface area contributed by atoms with Gasteiger partial charge in [0.1, 0.15) is 0 Å². The first kappa shape index (κ1) is 12.4. The molecule has 0 bridgehead atoms. The van der Waals surface area contributed by atoms with Crippen LogP contribution in [0.1, 0.15) is 38.5 Å². The van der Waals surface area contributed by atoms with E-state index >= 15 is 0 Å². The molecule has 18 heavy (non-hydrogen) atoms. The maximum atomic E-state index is 12.3. The summed E-state index contributed by atoms with van der Waals surface area (Å²) in [5.74, 6) is 0.188. The van der Waals surface area contributed by atoms with E-state index in [0.29, 0.717) is 6.04 Å².